The lowest BCUT2D eigenvalue weighted by atomic mass is 9.45. The molecular formula is C26H36N2O2S. The molecule has 0 spiro atoms. The summed E-state index contributed by atoms with van der Waals surface area (Å²) in [6, 6.07) is 6.93. The van der Waals surface area contributed by atoms with Crippen molar-refractivity contribution in [3.05, 3.63) is 42.0 Å². The van der Waals surface area contributed by atoms with E-state index in [1.807, 2.05) is 19.1 Å². The molecule has 1 aromatic rings. The Morgan fingerprint density at radius 1 is 1.03 bits per heavy atom. The predicted octanol–water partition coefficient (Wildman–Crippen LogP) is 5.84. The molecule has 31 heavy (non-hydrogen) atoms. The molecule has 4 aliphatic rings. The molecule has 5 rings (SSSR count). The number of hydrogen-bond acceptors (Lipinski definition) is 3. The van der Waals surface area contributed by atoms with Gasteiger partial charge in [-0.2, -0.15) is 13.5 Å². The fraction of sp³-hybridized carbons (Fsp3) is 0.654. The predicted molar refractivity (Wildman–Crippen MR) is 125 cm³/mol. The number of sulfonamides is 1. The van der Waals surface area contributed by atoms with Crippen LogP contribution >= 0.6 is 0 Å². The Labute approximate surface area is 187 Å². The van der Waals surface area contributed by atoms with Gasteiger partial charge in [0, 0.05) is 5.71 Å². The van der Waals surface area contributed by atoms with E-state index in [-0.39, 0.29) is 4.90 Å². The lowest BCUT2D eigenvalue weighted by Gasteiger charge is -2.59. The zero-order valence-corrected chi connectivity index (χ0v) is 19.9. The van der Waals surface area contributed by atoms with E-state index in [0.717, 1.165) is 48.3 Å². The fourth-order valence-electron chi connectivity index (χ4n) is 7.54. The summed E-state index contributed by atoms with van der Waals surface area (Å²) in [6.07, 6.45) is 14.5. The maximum absolute atomic E-state index is 12.6. The maximum Gasteiger partial charge on any atom is 0.276 e. The minimum absolute atomic E-state index is 0.277. The first-order valence-electron chi connectivity index (χ1n) is 12.0. The van der Waals surface area contributed by atoms with Gasteiger partial charge < -0.3 is 0 Å². The van der Waals surface area contributed by atoms with Crippen LogP contribution in [0.15, 0.2) is 46.4 Å². The molecule has 3 saturated carbocycles. The van der Waals surface area contributed by atoms with E-state index < -0.39 is 10.0 Å². The number of hydrogen-bond donors (Lipinski definition) is 1. The van der Waals surface area contributed by atoms with E-state index in [2.05, 4.69) is 35.9 Å². The Morgan fingerprint density at radius 3 is 2.58 bits per heavy atom. The molecule has 0 bridgehead atoms. The van der Waals surface area contributed by atoms with Gasteiger partial charge in [-0.1, -0.05) is 43.7 Å². The molecular weight excluding hydrogens is 404 g/mol. The van der Waals surface area contributed by atoms with E-state index in [4.69, 9.17) is 0 Å². The lowest BCUT2D eigenvalue weighted by Crippen LogP contribution is -2.52. The van der Waals surface area contributed by atoms with Gasteiger partial charge in [-0.25, -0.2) is 4.83 Å². The normalized spacial score (nSPS) is 40.8. The molecule has 0 aliphatic heterocycles. The second-order valence-electron chi connectivity index (χ2n) is 11.1. The van der Waals surface area contributed by atoms with Gasteiger partial charge in [0.1, 0.15) is 0 Å². The van der Waals surface area contributed by atoms with Gasteiger partial charge in [-0.15, -0.1) is 0 Å². The second kappa shape index (κ2) is 7.47. The zero-order valence-electron chi connectivity index (χ0n) is 19.1. The largest absolute Gasteiger partial charge is 0.276 e. The molecule has 6 atom stereocenters. The van der Waals surface area contributed by atoms with Crippen molar-refractivity contribution in [1.82, 2.24) is 4.83 Å². The van der Waals surface area contributed by atoms with E-state index in [0.29, 0.717) is 16.7 Å². The van der Waals surface area contributed by atoms with Gasteiger partial charge in [0.15, 0.2) is 0 Å². The molecule has 0 amide bonds. The molecule has 1 aromatic carbocycles. The molecule has 3 fully saturated rings. The van der Waals surface area contributed by atoms with E-state index in [1.54, 1.807) is 12.1 Å². The Bertz CT molecular complexity index is 1010. The standard InChI is InChI=1S/C26H36N2O2S/c1-18-6-9-21(10-7-18)31(29,30)28-27-20-12-16-26(3)19(17-20)8-11-22-23-5-4-14-25(23,2)15-13-24(22)26/h4,6-7,9-10,14,19,22-24,28H,5,8,11-13,15-17H2,1-3H3. The highest BCUT2D eigenvalue weighted by molar-refractivity contribution is 7.89. The number of allylic oxidation sites excluding steroid dienone is 2. The van der Waals surface area contributed by atoms with Crippen LogP contribution in [0.4, 0.5) is 0 Å². The minimum atomic E-state index is -3.60. The van der Waals surface area contributed by atoms with Crippen molar-refractivity contribution in [1.29, 1.82) is 0 Å². The molecule has 6 unspecified atom stereocenters. The Hall–Kier alpha value is -1.62. The van der Waals surface area contributed by atoms with Crippen LogP contribution in [0, 0.1) is 41.4 Å². The van der Waals surface area contributed by atoms with Crippen molar-refractivity contribution in [2.24, 2.45) is 39.6 Å². The average Bonchev–Trinajstić information content (AvgIpc) is 3.14. The number of nitrogens with one attached hydrogen (secondary N) is 1. The minimum Gasteiger partial charge on any atom is -0.200 e. The van der Waals surface area contributed by atoms with Crippen molar-refractivity contribution < 1.29 is 8.42 Å². The van der Waals surface area contributed by atoms with Crippen molar-refractivity contribution >= 4 is 15.7 Å². The summed E-state index contributed by atoms with van der Waals surface area (Å²) >= 11 is 0. The summed E-state index contributed by atoms with van der Waals surface area (Å²) in [5.41, 5.74) is 2.88. The smallest absolute Gasteiger partial charge is 0.200 e. The van der Waals surface area contributed by atoms with Gasteiger partial charge in [-0.05, 0) is 105 Å². The third-order valence-corrected chi connectivity index (χ3v) is 10.7. The maximum atomic E-state index is 12.6. The van der Waals surface area contributed by atoms with Crippen molar-refractivity contribution in [3.8, 4) is 0 Å². The van der Waals surface area contributed by atoms with Crippen LogP contribution in [0.25, 0.3) is 0 Å². The van der Waals surface area contributed by atoms with E-state index >= 15 is 0 Å². The third kappa shape index (κ3) is 3.57. The van der Waals surface area contributed by atoms with Crippen LogP contribution in [0.2, 0.25) is 0 Å². The molecule has 0 heterocycles. The zero-order chi connectivity index (χ0) is 21.9. The number of rotatable bonds is 3. The summed E-state index contributed by atoms with van der Waals surface area (Å²) < 4.78 is 25.3. The number of hydrazone groups is 1. The fourth-order valence-corrected chi connectivity index (χ4v) is 8.39. The summed E-state index contributed by atoms with van der Waals surface area (Å²) in [4.78, 5) is 2.79. The first kappa shape index (κ1) is 21.2. The van der Waals surface area contributed by atoms with Gasteiger partial charge in [-0.3, -0.25) is 0 Å². The first-order valence-corrected chi connectivity index (χ1v) is 13.5. The van der Waals surface area contributed by atoms with Crippen molar-refractivity contribution in [2.75, 3.05) is 0 Å². The monoisotopic (exact) mass is 440 g/mol. The number of fused-ring (bicyclic) bond motifs is 5. The highest BCUT2D eigenvalue weighted by atomic mass is 32.2. The Balaban J connectivity index is 1.29. The Morgan fingerprint density at radius 2 is 1.81 bits per heavy atom. The quantitative estimate of drug-likeness (QED) is 0.474. The second-order valence-corrected chi connectivity index (χ2v) is 12.8. The highest BCUT2D eigenvalue weighted by Gasteiger charge is 2.56. The molecule has 4 nitrogen and oxygen atoms in total. The van der Waals surface area contributed by atoms with Crippen LogP contribution in [0.3, 0.4) is 0 Å². The summed E-state index contributed by atoms with van der Waals surface area (Å²) in [5, 5.41) is 4.41. The number of benzene rings is 1. The van der Waals surface area contributed by atoms with Gasteiger partial charge >= 0.3 is 0 Å². The Kier molecular flexibility index (Phi) is 5.12. The van der Waals surface area contributed by atoms with Crippen LogP contribution in [-0.4, -0.2) is 14.1 Å². The van der Waals surface area contributed by atoms with Crippen LogP contribution < -0.4 is 4.83 Å². The van der Waals surface area contributed by atoms with Gasteiger partial charge in [0.25, 0.3) is 10.0 Å². The summed E-state index contributed by atoms with van der Waals surface area (Å²) in [7, 11) is -3.60. The summed E-state index contributed by atoms with van der Waals surface area (Å²) in [5.74, 6) is 3.13. The average molecular weight is 441 g/mol. The molecule has 168 valence electrons. The lowest BCUT2D eigenvalue weighted by molar-refractivity contribution is -0.0853. The molecule has 1 N–H and O–H groups in total. The van der Waals surface area contributed by atoms with Gasteiger partial charge in [0.05, 0.1) is 4.90 Å². The third-order valence-electron chi connectivity index (χ3n) is 9.48. The SMILES string of the molecule is Cc1ccc(S(=O)(=O)NN=C2CCC3(C)C(CCC4C5CC=CC5(C)CCC43)C2)cc1. The molecule has 5 heteroatoms. The summed E-state index contributed by atoms with van der Waals surface area (Å²) in [6.45, 7) is 6.97. The van der Waals surface area contributed by atoms with Gasteiger partial charge in [0.2, 0.25) is 0 Å². The topological polar surface area (TPSA) is 58.5 Å². The molecule has 0 aromatic heterocycles. The molecule has 0 radical (unpaired) electrons. The molecule has 4 aliphatic carbocycles. The highest BCUT2D eigenvalue weighted by Crippen LogP contribution is 2.64. The van der Waals surface area contributed by atoms with E-state index in [9.17, 15) is 8.42 Å². The molecule has 0 saturated heterocycles. The van der Waals surface area contributed by atoms with E-state index in [1.165, 1.54) is 32.1 Å². The number of aryl methyl sites for hydroxylation is 1. The van der Waals surface area contributed by atoms with Crippen LogP contribution in [0.5, 0.6) is 0 Å². The van der Waals surface area contributed by atoms with Crippen LogP contribution in [-0.2, 0) is 10.0 Å². The van der Waals surface area contributed by atoms with Crippen molar-refractivity contribution in [3.63, 3.8) is 0 Å². The number of nitrogens with zero attached hydrogens (tertiary/aromatic N) is 1. The van der Waals surface area contributed by atoms with Crippen LogP contribution in [0.1, 0.15) is 70.8 Å². The van der Waals surface area contributed by atoms with Crippen molar-refractivity contribution in [2.45, 2.75) is 77.0 Å². The first-order chi connectivity index (χ1) is 14.7.